The molecule has 0 aliphatic carbocycles. The Morgan fingerprint density at radius 3 is 2.48 bits per heavy atom. The molecule has 0 bridgehead atoms. The van der Waals surface area contributed by atoms with Crippen molar-refractivity contribution < 1.29 is 8.42 Å². The molecule has 0 aromatic heterocycles. The van der Waals surface area contributed by atoms with E-state index in [-0.39, 0.29) is 6.04 Å². The van der Waals surface area contributed by atoms with Crippen LogP contribution in [0.15, 0.2) is 59.5 Å². The number of hydrogen-bond donors (Lipinski definition) is 2. The first kappa shape index (κ1) is 16.2. The standard InChI is InChI=1S/C18H22N2O2S/c1-14-13-16(11-12-19-14)20-23(21,22)18-10-6-5-9-17(18)15-7-3-2-4-8-15/h2-10,14,16,19-20H,11-13H2,1H3. The summed E-state index contributed by atoms with van der Waals surface area (Å²) in [6.45, 7) is 2.92. The first-order valence-corrected chi connectivity index (χ1v) is 9.45. The van der Waals surface area contributed by atoms with Crippen molar-refractivity contribution >= 4 is 10.0 Å². The fourth-order valence-corrected chi connectivity index (χ4v) is 4.59. The van der Waals surface area contributed by atoms with Gasteiger partial charge in [-0.1, -0.05) is 48.5 Å². The Balaban J connectivity index is 1.91. The van der Waals surface area contributed by atoms with Crippen LogP contribution in [0, 0.1) is 0 Å². The molecule has 1 saturated heterocycles. The van der Waals surface area contributed by atoms with Gasteiger partial charge in [-0.15, -0.1) is 0 Å². The summed E-state index contributed by atoms with van der Waals surface area (Å²) < 4.78 is 28.6. The number of nitrogens with one attached hydrogen (secondary N) is 2. The number of sulfonamides is 1. The van der Waals surface area contributed by atoms with E-state index >= 15 is 0 Å². The molecule has 1 heterocycles. The van der Waals surface area contributed by atoms with Crippen LogP contribution < -0.4 is 10.0 Å². The SMILES string of the molecule is CC1CC(NS(=O)(=O)c2ccccc2-c2ccccc2)CCN1. The van der Waals surface area contributed by atoms with Crippen molar-refractivity contribution in [2.75, 3.05) is 6.54 Å². The maximum absolute atomic E-state index is 12.9. The van der Waals surface area contributed by atoms with E-state index in [2.05, 4.69) is 17.0 Å². The van der Waals surface area contributed by atoms with Gasteiger partial charge in [0.05, 0.1) is 4.90 Å². The quantitative estimate of drug-likeness (QED) is 0.906. The lowest BCUT2D eigenvalue weighted by Gasteiger charge is -2.28. The summed E-state index contributed by atoms with van der Waals surface area (Å²) in [5, 5.41) is 3.34. The number of hydrogen-bond acceptors (Lipinski definition) is 3. The van der Waals surface area contributed by atoms with Gasteiger partial charge >= 0.3 is 0 Å². The van der Waals surface area contributed by atoms with Gasteiger partial charge in [0.1, 0.15) is 0 Å². The van der Waals surface area contributed by atoms with E-state index in [0.717, 1.165) is 30.5 Å². The molecule has 0 amide bonds. The molecule has 1 aliphatic rings. The van der Waals surface area contributed by atoms with Crippen molar-refractivity contribution in [2.45, 2.75) is 36.7 Å². The maximum Gasteiger partial charge on any atom is 0.241 e. The summed E-state index contributed by atoms with van der Waals surface area (Å²) in [6, 6.07) is 17.1. The van der Waals surface area contributed by atoms with Crippen LogP contribution in [0.25, 0.3) is 11.1 Å². The average Bonchev–Trinajstić information content (AvgIpc) is 2.55. The van der Waals surface area contributed by atoms with E-state index in [4.69, 9.17) is 0 Å². The molecule has 2 unspecified atom stereocenters. The van der Waals surface area contributed by atoms with E-state index in [9.17, 15) is 8.42 Å². The summed E-state index contributed by atoms with van der Waals surface area (Å²) in [6.07, 6.45) is 1.63. The third-order valence-electron chi connectivity index (χ3n) is 4.21. The molecule has 4 nitrogen and oxygen atoms in total. The third-order valence-corrected chi connectivity index (χ3v) is 5.79. The Kier molecular flexibility index (Phi) is 4.80. The van der Waals surface area contributed by atoms with Gasteiger partial charge in [-0.2, -0.15) is 0 Å². The second-order valence-corrected chi connectivity index (χ2v) is 7.74. The number of rotatable bonds is 4. The van der Waals surface area contributed by atoms with Crippen LogP contribution in [0.5, 0.6) is 0 Å². The normalized spacial score (nSPS) is 22.0. The van der Waals surface area contributed by atoms with E-state index in [1.807, 2.05) is 42.5 Å². The molecule has 5 heteroatoms. The van der Waals surface area contributed by atoms with Crippen LogP contribution in [-0.4, -0.2) is 27.0 Å². The topological polar surface area (TPSA) is 58.2 Å². The van der Waals surface area contributed by atoms with Crippen molar-refractivity contribution in [2.24, 2.45) is 0 Å². The van der Waals surface area contributed by atoms with E-state index < -0.39 is 10.0 Å². The van der Waals surface area contributed by atoms with Gasteiger partial charge in [0.2, 0.25) is 10.0 Å². The Bertz CT molecular complexity index is 760. The predicted molar refractivity (Wildman–Crippen MR) is 92.7 cm³/mol. The highest BCUT2D eigenvalue weighted by Gasteiger charge is 2.26. The lowest BCUT2D eigenvalue weighted by molar-refractivity contribution is 0.361. The minimum Gasteiger partial charge on any atom is -0.314 e. The maximum atomic E-state index is 12.9. The van der Waals surface area contributed by atoms with Crippen molar-refractivity contribution in [3.05, 3.63) is 54.6 Å². The Labute approximate surface area is 138 Å². The van der Waals surface area contributed by atoms with Gasteiger partial charge in [0, 0.05) is 17.6 Å². The second kappa shape index (κ2) is 6.83. The van der Waals surface area contributed by atoms with Crippen molar-refractivity contribution in [3.63, 3.8) is 0 Å². The van der Waals surface area contributed by atoms with Crippen LogP contribution in [0.2, 0.25) is 0 Å². The van der Waals surface area contributed by atoms with Gasteiger partial charge in [-0.05, 0) is 37.9 Å². The molecule has 2 atom stereocenters. The minimum absolute atomic E-state index is 0.0138. The summed E-state index contributed by atoms with van der Waals surface area (Å²) in [5.74, 6) is 0. The van der Waals surface area contributed by atoms with Crippen LogP contribution in [-0.2, 0) is 10.0 Å². The van der Waals surface area contributed by atoms with Gasteiger partial charge in [0.25, 0.3) is 0 Å². The summed E-state index contributed by atoms with van der Waals surface area (Å²) >= 11 is 0. The molecule has 3 rings (SSSR count). The lowest BCUT2D eigenvalue weighted by atomic mass is 10.0. The molecular formula is C18H22N2O2S. The van der Waals surface area contributed by atoms with Gasteiger partial charge < -0.3 is 5.32 Å². The van der Waals surface area contributed by atoms with Crippen LogP contribution in [0.3, 0.4) is 0 Å². The lowest BCUT2D eigenvalue weighted by Crippen LogP contribution is -2.46. The Morgan fingerprint density at radius 2 is 1.74 bits per heavy atom. The molecule has 1 aliphatic heterocycles. The van der Waals surface area contributed by atoms with E-state index in [0.29, 0.717) is 10.9 Å². The Morgan fingerprint density at radius 1 is 1.04 bits per heavy atom. The zero-order valence-corrected chi connectivity index (χ0v) is 14.0. The fraction of sp³-hybridized carbons (Fsp3) is 0.333. The molecular weight excluding hydrogens is 308 g/mol. The summed E-state index contributed by atoms with van der Waals surface area (Å²) in [5.41, 5.74) is 1.65. The zero-order chi connectivity index (χ0) is 16.3. The molecule has 2 N–H and O–H groups in total. The Hall–Kier alpha value is -1.69. The first-order chi connectivity index (χ1) is 11.1. The third kappa shape index (κ3) is 3.80. The number of benzene rings is 2. The molecule has 1 fully saturated rings. The van der Waals surface area contributed by atoms with Gasteiger partial charge in [0.15, 0.2) is 0 Å². The first-order valence-electron chi connectivity index (χ1n) is 7.96. The predicted octanol–water partition coefficient (Wildman–Crippen LogP) is 2.77. The van der Waals surface area contributed by atoms with Crippen LogP contribution in [0.1, 0.15) is 19.8 Å². The second-order valence-electron chi connectivity index (χ2n) is 6.06. The summed E-state index contributed by atoms with van der Waals surface area (Å²) in [7, 11) is -3.54. The molecule has 0 spiro atoms. The van der Waals surface area contributed by atoms with E-state index in [1.165, 1.54) is 0 Å². The highest BCUT2D eigenvalue weighted by Crippen LogP contribution is 2.27. The molecule has 0 radical (unpaired) electrons. The molecule has 2 aromatic carbocycles. The van der Waals surface area contributed by atoms with Crippen molar-refractivity contribution in [3.8, 4) is 11.1 Å². The molecule has 0 saturated carbocycles. The van der Waals surface area contributed by atoms with Crippen LogP contribution in [0.4, 0.5) is 0 Å². The van der Waals surface area contributed by atoms with Gasteiger partial charge in [-0.25, -0.2) is 13.1 Å². The van der Waals surface area contributed by atoms with Gasteiger partial charge in [-0.3, -0.25) is 0 Å². The monoisotopic (exact) mass is 330 g/mol. The smallest absolute Gasteiger partial charge is 0.241 e. The molecule has 23 heavy (non-hydrogen) atoms. The summed E-state index contributed by atoms with van der Waals surface area (Å²) in [4.78, 5) is 0.345. The highest BCUT2D eigenvalue weighted by molar-refractivity contribution is 7.89. The van der Waals surface area contributed by atoms with Crippen molar-refractivity contribution in [1.29, 1.82) is 0 Å². The number of piperidine rings is 1. The van der Waals surface area contributed by atoms with Crippen molar-refractivity contribution in [1.82, 2.24) is 10.0 Å². The largest absolute Gasteiger partial charge is 0.314 e. The minimum atomic E-state index is -3.54. The zero-order valence-electron chi connectivity index (χ0n) is 13.2. The fourth-order valence-electron chi connectivity index (χ4n) is 3.08. The van der Waals surface area contributed by atoms with Crippen LogP contribution >= 0.6 is 0 Å². The molecule has 2 aromatic rings. The average molecular weight is 330 g/mol. The molecule has 122 valence electrons. The highest BCUT2D eigenvalue weighted by atomic mass is 32.2. The van der Waals surface area contributed by atoms with E-state index in [1.54, 1.807) is 12.1 Å².